The fourth-order valence-corrected chi connectivity index (χ4v) is 0.971. The highest BCUT2D eigenvalue weighted by molar-refractivity contribution is 7.80. The summed E-state index contributed by atoms with van der Waals surface area (Å²) < 4.78 is 0. The molecular weight excluding hydrogens is 160 g/mol. The number of thiocarbonyl (C=S) groups is 1. The second-order valence-electron chi connectivity index (χ2n) is 2.66. The number of hydrogen-bond donors (Lipinski definition) is 1. The van der Waals surface area contributed by atoms with Crippen LogP contribution in [0.4, 0.5) is 0 Å². The number of carboxylic acids is 1. The maximum Gasteiger partial charge on any atom is 0.303 e. The number of rotatable bonds is 6. The number of carboxylic acid groups (broad SMARTS) is 1. The topological polar surface area (TPSA) is 37.3 Å². The van der Waals surface area contributed by atoms with Crippen molar-refractivity contribution in [3.8, 4) is 0 Å². The molecule has 0 atom stereocenters. The molecular formula is C8H14O2S. The minimum Gasteiger partial charge on any atom is -0.481 e. The van der Waals surface area contributed by atoms with Gasteiger partial charge in [0.05, 0.1) is 0 Å². The summed E-state index contributed by atoms with van der Waals surface area (Å²) in [5, 5.41) is 8.30. The van der Waals surface area contributed by atoms with Crippen molar-refractivity contribution in [2.45, 2.75) is 39.0 Å². The quantitative estimate of drug-likeness (QED) is 0.496. The van der Waals surface area contributed by atoms with E-state index < -0.39 is 5.97 Å². The van der Waals surface area contributed by atoms with E-state index in [1.54, 1.807) is 0 Å². The fraction of sp³-hybridized carbons (Fsp3) is 0.750. The lowest BCUT2D eigenvalue weighted by Crippen LogP contribution is -1.94. The summed E-state index contributed by atoms with van der Waals surface area (Å²) in [6.07, 6.45) is 4.02. The molecule has 3 heteroatoms. The number of unbranched alkanes of at least 4 members (excludes halogenated alkanes) is 2. The number of aliphatic carboxylic acids is 1. The van der Waals surface area contributed by atoms with E-state index >= 15 is 0 Å². The van der Waals surface area contributed by atoms with Crippen LogP contribution in [-0.2, 0) is 4.79 Å². The lowest BCUT2D eigenvalue weighted by Gasteiger charge is -1.96. The highest BCUT2D eigenvalue weighted by Crippen LogP contribution is 2.03. The molecule has 0 aliphatic rings. The Morgan fingerprint density at radius 1 is 1.27 bits per heavy atom. The lowest BCUT2D eigenvalue weighted by atomic mass is 10.1. The average molecular weight is 174 g/mol. The Balaban J connectivity index is 3.03. The molecule has 0 fully saturated rings. The van der Waals surface area contributed by atoms with Gasteiger partial charge in [0.15, 0.2) is 0 Å². The Hall–Kier alpha value is -0.440. The van der Waals surface area contributed by atoms with E-state index in [-0.39, 0.29) is 6.42 Å². The van der Waals surface area contributed by atoms with Crippen LogP contribution >= 0.6 is 12.2 Å². The predicted molar refractivity (Wildman–Crippen MR) is 49.0 cm³/mol. The largest absolute Gasteiger partial charge is 0.481 e. The Kier molecular flexibility index (Phi) is 6.03. The van der Waals surface area contributed by atoms with Crippen molar-refractivity contribution in [2.75, 3.05) is 0 Å². The van der Waals surface area contributed by atoms with E-state index in [9.17, 15) is 4.79 Å². The number of hydrogen-bond acceptors (Lipinski definition) is 2. The van der Waals surface area contributed by atoms with Gasteiger partial charge < -0.3 is 5.11 Å². The molecule has 0 unspecified atom stereocenters. The van der Waals surface area contributed by atoms with Crippen molar-refractivity contribution in [2.24, 2.45) is 0 Å². The second-order valence-corrected chi connectivity index (χ2v) is 3.35. The monoisotopic (exact) mass is 174 g/mol. The molecule has 0 heterocycles. The molecule has 0 rings (SSSR count). The van der Waals surface area contributed by atoms with Gasteiger partial charge in [-0.1, -0.05) is 18.6 Å². The summed E-state index contributed by atoms with van der Waals surface area (Å²) in [5.74, 6) is -0.705. The Bertz CT molecular complexity index is 127. The van der Waals surface area contributed by atoms with Crippen molar-refractivity contribution in [1.82, 2.24) is 0 Å². The van der Waals surface area contributed by atoms with Gasteiger partial charge in [-0.3, -0.25) is 4.79 Å². The van der Waals surface area contributed by atoms with Gasteiger partial charge in [0.2, 0.25) is 0 Å². The Morgan fingerprint density at radius 2 is 1.82 bits per heavy atom. The smallest absolute Gasteiger partial charge is 0.303 e. The first kappa shape index (κ1) is 10.6. The van der Waals surface area contributed by atoms with Crippen LogP contribution in [0.3, 0.4) is 0 Å². The zero-order chi connectivity index (χ0) is 8.69. The van der Waals surface area contributed by atoms with E-state index in [0.29, 0.717) is 0 Å². The van der Waals surface area contributed by atoms with E-state index in [2.05, 4.69) is 0 Å². The highest BCUT2D eigenvalue weighted by atomic mass is 32.1. The molecule has 0 aromatic carbocycles. The molecule has 64 valence electrons. The minimum atomic E-state index is -0.705. The van der Waals surface area contributed by atoms with Crippen LogP contribution in [0.5, 0.6) is 0 Å². The van der Waals surface area contributed by atoms with Gasteiger partial charge in [-0.25, -0.2) is 0 Å². The molecule has 2 nitrogen and oxygen atoms in total. The predicted octanol–water partition coefficient (Wildman–Crippen LogP) is 2.41. The van der Waals surface area contributed by atoms with Crippen molar-refractivity contribution in [3.63, 3.8) is 0 Å². The van der Waals surface area contributed by atoms with E-state index in [0.717, 1.165) is 30.5 Å². The first-order chi connectivity index (χ1) is 5.13. The highest BCUT2D eigenvalue weighted by Gasteiger charge is 1.96. The third-order valence-corrected chi connectivity index (χ3v) is 1.62. The molecule has 0 saturated carbocycles. The third-order valence-electron chi connectivity index (χ3n) is 1.42. The summed E-state index contributed by atoms with van der Waals surface area (Å²) in [7, 11) is 0. The van der Waals surface area contributed by atoms with Crippen LogP contribution in [0.25, 0.3) is 0 Å². The van der Waals surface area contributed by atoms with Gasteiger partial charge in [-0.2, -0.15) is 0 Å². The van der Waals surface area contributed by atoms with Crippen molar-refractivity contribution in [1.29, 1.82) is 0 Å². The summed E-state index contributed by atoms with van der Waals surface area (Å²) in [6.45, 7) is 1.92. The average Bonchev–Trinajstić information content (AvgIpc) is 1.85. The molecule has 0 aliphatic heterocycles. The molecule has 1 N–H and O–H groups in total. The molecule has 0 amide bonds. The van der Waals surface area contributed by atoms with Crippen LogP contribution in [0, 0.1) is 0 Å². The van der Waals surface area contributed by atoms with Gasteiger partial charge in [-0.15, -0.1) is 0 Å². The molecule has 0 bridgehead atoms. The van der Waals surface area contributed by atoms with Crippen LogP contribution < -0.4 is 0 Å². The van der Waals surface area contributed by atoms with Crippen LogP contribution in [0.1, 0.15) is 39.0 Å². The molecule has 11 heavy (non-hydrogen) atoms. The fourth-order valence-electron chi connectivity index (χ4n) is 0.827. The molecule has 0 saturated heterocycles. The zero-order valence-corrected chi connectivity index (χ0v) is 7.62. The maximum atomic E-state index is 10.1. The Labute approximate surface area is 72.6 Å². The SMILES string of the molecule is CC(=S)CCCCCC(=O)O. The van der Waals surface area contributed by atoms with Gasteiger partial charge in [-0.05, 0) is 31.1 Å². The van der Waals surface area contributed by atoms with Crippen molar-refractivity contribution < 1.29 is 9.90 Å². The summed E-state index contributed by atoms with van der Waals surface area (Å²) in [5.41, 5.74) is 0. The maximum absolute atomic E-state index is 10.1. The van der Waals surface area contributed by atoms with Gasteiger partial charge in [0.25, 0.3) is 0 Å². The molecule has 0 aromatic rings. The zero-order valence-electron chi connectivity index (χ0n) is 6.80. The van der Waals surface area contributed by atoms with Crippen LogP contribution in [0.2, 0.25) is 0 Å². The van der Waals surface area contributed by atoms with Crippen LogP contribution in [-0.4, -0.2) is 15.9 Å². The van der Waals surface area contributed by atoms with Gasteiger partial charge in [0.1, 0.15) is 0 Å². The molecule has 0 aliphatic carbocycles. The standard InChI is InChI=1S/C8H14O2S/c1-7(11)5-3-2-4-6-8(9)10/h2-6H2,1H3,(H,9,10). The van der Waals surface area contributed by atoms with E-state index in [4.69, 9.17) is 17.3 Å². The third kappa shape index (κ3) is 9.56. The van der Waals surface area contributed by atoms with Crippen molar-refractivity contribution in [3.05, 3.63) is 0 Å². The second kappa shape index (κ2) is 6.28. The minimum absolute atomic E-state index is 0.288. The molecule has 0 spiro atoms. The van der Waals surface area contributed by atoms with Crippen molar-refractivity contribution >= 4 is 23.1 Å². The molecule has 0 aromatic heterocycles. The first-order valence-corrected chi connectivity index (χ1v) is 4.25. The summed E-state index contributed by atoms with van der Waals surface area (Å²) in [6, 6.07) is 0. The first-order valence-electron chi connectivity index (χ1n) is 3.84. The van der Waals surface area contributed by atoms with E-state index in [1.807, 2.05) is 6.92 Å². The van der Waals surface area contributed by atoms with Gasteiger partial charge >= 0.3 is 5.97 Å². The molecule has 0 radical (unpaired) electrons. The van der Waals surface area contributed by atoms with Gasteiger partial charge in [0, 0.05) is 6.42 Å². The summed E-state index contributed by atoms with van der Waals surface area (Å²) >= 11 is 4.88. The van der Waals surface area contributed by atoms with E-state index in [1.165, 1.54) is 0 Å². The van der Waals surface area contributed by atoms with Crippen LogP contribution in [0.15, 0.2) is 0 Å². The summed E-state index contributed by atoms with van der Waals surface area (Å²) in [4.78, 5) is 11.1. The Morgan fingerprint density at radius 3 is 2.27 bits per heavy atom. The normalized spacial score (nSPS) is 9.55. The lowest BCUT2D eigenvalue weighted by molar-refractivity contribution is -0.137. The number of carbonyl (C=O) groups is 1.